The molecule has 0 saturated heterocycles. The third-order valence-electron chi connectivity index (χ3n) is 2.56. The molecule has 17 heavy (non-hydrogen) atoms. The van der Waals surface area contributed by atoms with Crippen LogP contribution in [-0.4, -0.2) is 12.8 Å². The predicted molar refractivity (Wildman–Crippen MR) is 71.3 cm³/mol. The minimum absolute atomic E-state index is 0.794. The smallest absolute Gasteiger partial charge is 0.144 e. The summed E-state index contributed by atoms with van der Waals surface area (Å²) in [7, 11) is 1.66. The molecule has 0 heterocycles. The van der Waals surface area contributed by atoms with Gasteiger partial charge in [0.15, 0.2) is 0 Å². The van der Waals surface area contributed by atoms with Crippen LogP contribution < -0.4 is 4.74 Å². The maximum atomic E-state index is 5.27. The van der Waals surface area contributed by atoms with Crippen LogP contribution >= 0.6 is 0 Å². The molecule has 0 atom stereocenters. The Morgan fingerprint density at radius 3 is 2.29 bits per heavy atom. The van der Waals surface area contributed by atoms with Crippen molar-refractivity contribution in [2.24, 2.45) is 4.99 Å². The first-order valence-corrected chi connectivity index (χ1v) is 5.55. The molecule has 0 saturated carbocycles. The molecule has 0 aliphatic heterocycles. The van der Waals surface area contributed by atoms with Crippen LogP contribution in [0.1, 0.15) is 12.5 Å². The largest absolute Gasteiger partial charge is 0.494 e. The molecular formula is C15H15NO. The van der Waals surface area contributed by atoms with Crippen LogP contribution in [0.2, 0.25) is 0 Å². The lowest BCUT2D eigenvalue weighted by atomic mass is 10.1. The van der Waals surface area contributed by atoms with Gasteiger partial charge < -0.3 is 4.74 Å². The Bertz CT molecular complexity index is 517. The van der Waals surface area contributed by atoms with Gasteiger partial charge in [-0.25, -0.2) is 4.99 Å². The molecule has 0 aliphatic rings. The van der Waals surface area contributed by atoms with Crippen molar-refractivity contribution in [3.05, 3.63) is 60.2 Å². The molecule has 0 radical (unpaired) electrons. The van der Waals surface area contributed by atoms with E-state index in [4.69, 9.17) is 4.74 Å². The van der Waals surface area contributed by atoms with Gasteiger partial charge in [-0.1, -0.05) is 42.5 Å². The summed E-state index contributed by atoms with van der Waals surface area (Å²) in [5.74, 6) is 0.794. The van der Waals surface area contributed by atoms with Crippen molar-refractivity contribution in [2.45, 2.75) is 6.92 Å². The number of benzene rings is 2. The van der Waals surface area contributed by atoms with Crippen LogP contribution in [0, 0.1) is 0 Å². The lowest BCUT2D eigenvalue weighted by Crippen LogP contribution is -1.93. The van der Waals surface area contributed by atoms with E-state index in [9.17, 15) is 0 Å². The van der Waals surface area contributed by atoms with Crippen LogP contribution in [0.5, 0.6) is 5.75 Å². The molecule has 0 aliphatic carbocycles. The second kappa shape index (κ2) is 5.30. The number of methoxy groups -OCH3 is 1. The monoisotopic (exact) mass is 225 g/mol. The van der Waals surface area contributed by atoms with Gasteiger partial charge in [-0.3, -0.25) is 0 Å². The van der Waals surface area contributed by atoms with Crippen LogP contribution in [-0.2, 0) is 0 Å². The summed E-state index contributed by atoms with van der Waals surface area (Å²) < 4.78 is 5.27. The second-order valence-corrected chi connectivity index (χ2v) is 3.74. The van der Waals surface area contributed by atoms with Crippen LogP contribution in [0.3, 0.4) is 0 Å². The molecule has 0 N–H and O–H groups in total. The molecule has 2 aromatic carbocycles. The molecule has 0 amide bonds. The van der Waals surface area contributed by atoms with Crippen LogP contribution in [0.4, 0.5) is 5.69 Å². The summed E-state index contributed by atoms with van der Waals surface area (Å²) in [6, 6.07) is 17.9. The van der Waals surface area contributed by atoms with Gasteiger partial charge in [-0.2, -0.15) is 0 Å². The molecule has 0 spiro atoms. The number of ether oxygens (including phenoxy) is 1. The van der Waals surface area contributed by atoms with Gasteiger partial charge in [0.25, 0.3) is 0 Å². The molecule has 0 bridgehead atoms. The van der Waals surface area contributed by atoms with E-state index in [1.165, 1.54) is 0 Å². The van der Waals surface area contributed by atoms with E-state index in [2.05, 4.69) is 4.99 Å². The summed E-state index contributed by atoms with van der Waals surface area (Å²) in [5.41, 5.74) is 2.96. The van der Waals surface area contributed by atoms with Crippen LogP contribution in [0.15, 0.2) is 59.6 Å². The van der Waals surface area contributed by atoms with E-state index in [1.54, 1.807) is 7.11 Å². The minimum atomic E-state index is 0.794. The molecule has 86 valence electrons. The first kappa shape index (κ1) is 11.4. The quantitative estimate of drug-likeness (QED) is 0.727. The van der Waals surface area contributed by atoms with E-state index in [0.29, 0.717) is 0 Å². The Morgan fingerprint density at radius 2 is 1.59 bits per heavy atom. The van der Waals surface area contributed by atoms with Gasteiger partial charge in [0.1, 0.15) is 11.4 Å². The highest BCUT2D eigenvalue weighted by molar-refractivity contribution is 6.00. The Morgan fingerprint density at radius 1 is 0.941 bits per heavy atom. The number of aliphatic imine (C=N–C) groups is 1. The summed E-state index contributed by atoms with van der Waals surface area (Å²) >= 11 is 0. The normalized spacial score (nSPS) is 11.3. The van der Waals surface area contributed by atoms with Gasteiger partial charge >= 0.3 is 0 Å². The van der Waals surface area contributed by atoms with Gasteiger partial charge in [0.05, 0.1) is 7.11 Å². The Labute approximate surface area is 102 Å². The maximum absolute atomic E-state index is 5.27. The summed E-state index contributed by atoms with van der Waals surface area (Å²) in [6.07, 6.45) is 0. The van der Waals surface area contributed by atoms with E-state index in [1.807, 2.05) is 61.5 Å². The predicted octanol–water partition coefficient (Wildman–Crippen LogP) is 3.84. The summed E-state index contributed by atoms with van der Waals surface area (Å²) in [4.78, 5) is 4.59. The Balaban J connectivity index is 2.36. The lowest BCUT2D eigenvalue weighted by Gasteiger charge is -2.05. The standard InChI is InChI=1S/C15H15NO/c1-12(13-8-4-3-5-9-13)16-14-10-6-7-11-15(14)17-2/h3-11H,1-2H3. The van der Waals surface area contributed by atoms with E-state index in [0.717, 1.165) is 22.7 Å². The van der Waals surface area contributed by atoms with Crippen molar-refractivity contribution in [3.63, 3.8) is 0 Å². The number of para-hydroxylation sites is 2. The van der Waals surface area contributed by atoms with Crippen molar-refractivity contribution in [2.75, 3.05) is 7.11 Å². The van der Waals surface area contributed by atoms with Crippen molar-refractivity contribution < 1.29 is 4.74 Å². The average molecular weight is 225 g/mol. The fraction of sp³-hybridized carbons (Fsp3) is 0.133. The fourth-order valence-corrected chi connectivity index (χ4v) is 1.65. The van der Waals surface area contributed by atoms with Crippen LogP contribution in [0.25, 0.3) is 0 Å². The van der Waals surface area contributed by atoms with E-state index >= 15 is 0 Å². The third-order valence-corrected chi connectivity index (χ3v) is 2.56. The van der Waals surface area contributed by atoms with Crippen molar-refractivity contribution in [3.8, 4) is 5.75 Å². The topological polar surface area (TPSA) is 21.6 Å². The number of hydrogen-bond donors (Lipinski definition) is 0. The summed E-state index contributed by atoms with van der Waals surface area (Å²) in [6.45, 7) is 2.00. The zero-order chi connectivity index (χ0) is 12.1. The Kier molecular flexibility index (Phi) is 3.55. The first-order chi connectivity index (χ1) is 8.31. The van der Waals surface area contributed by atoms with Gasteiger partial charge in [0.2, 0.25) is 0 Å². The third kappa shape index (κ3) is 2.72. The molecule has 2 heteroatoms. The minimum Gasteiger partial charge on any atom is -0.494 e. The molecule has 2 nitrogen and oxygen atoms in total. The van der Waals surface area contributed by atoms with Gasteiger partial charge in [-0.05, 0) is 24.6 Å². The number of hydrogen-bond acceptors (Lipinski definition) is 2. The molecule has 2 rings (SSSR count). The molecule has 0 aromatic heterocycles. The van der Waals surface area contributed by atoms with Crippen molar-refractivity contribution in [1.82, 2.24) is 0 Å². The Hall–Kier alpha value is -2.09. The first-order valence-electron chi connectivity index (χ1n) is 5.55. The number of rotatable bonds is 3. The van der Waals surface area contributed by atoms with Gasteiger partial charge in [0, 0.05) is 5.71 Å². The zero-order valence-corrected chi connectivity index (χ0v) is 10.1. The molecule has 2 aromatic rings. The van der Waals surface area contributed by atoms with Crippen molar-refractivity contribution >= 4 is 11.4 Å². The van der Waals surface area contributed by atoms with E-state index < -0.39 is 0 Å². The van der Waals surface area contributed by atoms with E-state index in [-0.39, 0.29) is 0 Å². The highest BCUT2D eigenvalue weighted by atomic mass is 16.5. The highest BCUT2D eigenvalue weighted by Crippen LogP contribution is 2.27. The maximum Gasteiger partial charge on any atom is 0.144 e. The average Bonchev–Trinajstić information content (AvgIpc) is 2.40. The molecular weight excluding hydrogens is 210 g/mol. The SMILES string of the molecule is COc1ccccc1N=C(C)c1ccccc1. The fourth-order valence-electron chi connectivity index (χ4n) is 1.65. The lowest BCUT2D eigenvalue weighted by molar-refractivity contribution is 0.416. The van der Waals surface area contributed by atoms with Gasteiger partial charge in [-0.15, -0.1) is 0 Å². The van der Waals surface area contributed by atoms with Crippen molar-refractivity contribution in [1.29, 1.82) is 0 Å². The highest BCUT2D eigenvalue weighted by Gasteiger charge is 2.01. The number of nitrogens with zero attached hydrogens (tertiary/aromatic N) is 1. The molecule has 0 unspecified atom stereocenters. The zero-order valence-electron chi connectivity index (χ0n) is 10.1. The molecule has 0 fully saturated rings. The summed E-state index contributed by atoms with van der Waals surface area (Å²) in [5, 5.41) is 0. The second-order valence-electron chi connectivity index (χ2n) is 3.74.